The van der Waals surface area contributed by atoms with Crippen LogP contribution in [0.25, 0.3) is 0 Å². The van der Waals surface area contributed by atoms with Gasteiger partial charge in [-0.05, 0) is 35.4 Å². The Labute approximate surface area is 122 Å². The zero-order chi connectivity index (χ0) is 13.9. The molecule has 4 heteroatoms. The van der Waals surface area contributed by atoms with E-state index in [9.17, 15) is 0 Å². The number of anilines is 1. The smallest absolute Gasteiger partial charge is 0.122 e. The lowest BCUT2D eigenvalue weighted by Crippen LogP contribution is -2.00. The number of nitrogens with zero attached hydrogens (tertiary/aromatic N) is 1. The standard InChI is InChI=1S/C16H13ClN2O/c17-15-8-14(3-2-13(15)9-18)19-10-11-1-4-16-12(7-11)5-6-20-16/h1-4,7-8,19H,5-6,10H2. The van der Waals surface area contributed by atoms with Crippen molar-refractivity contribution in [3.63, 3.8) is 0 Å². The van der Waals surface area contributed by atoms with Crippen LogP contribution >= 0.6 is 11.6 Å². The number of hydrogen-bond acceptors (Lipinski definition) is 3. The zero-order valence-electron chi connectivity index (χ0n) is 10.8. The molecular weight excluding hydrogens is 272 g/mol. The van der Waals surface area contributed by atoms with Crippen molar-refractivity contribution >= 4 is 17.3 Å². The molecule has 0 fully saturated rings. The first kappa shape index (κ1) is 12.8. The van der Waals surface area contributed by atoms with E-state index in [1.165, 1.54) is 11.1 Å². The summed E-state index contributed by atoms with van der Waals surface area (Å²) in [6.45, 7) is 1.49. The summed E-state index contributed by atoms with van der Waals surface area (Å²) in [5, 5.41) is 12.6. The van der Waals surface area contributed by atoms with Gasteiger partial charge in [0.25, 0.3) is 0 Å². The van der Waals surface area contributed by atoms with Crippen LogP contribution in [0.1, 0.15) is 16.7 Å². The summed E-state index contributed by atoms with van der Waals surface area (Å²) >= 11 is 6.01. The van der Waals surface area contributed by atoms with Gasteiger partial charge < -0.3 is 10.1 Å². The predicted molar refractivity (Wildman–Crippen MR) is 79.1 cm³/mol. The molecule has 3 nitrogen and oxygen atoms in total. The van der Waals surface area contributed by atoms with E-state index in [2.05, 4.69) is 23.5 Å². The third-order valence-corrected chi connectivity index (χ3v) is 3.65. The van der Waals surface area contributed by atoms with Crippen LogP contribution in [0.5, 0.6) is 5.75 Å². The second-order valence-corrected chi connectivity index (χ2v) is 5.11. The van der Waals surface area contributed by atoms with Gasteiger partial charge in [-0.2, -0.15) is 5.26 Å². The largest absolute Gasteiger partial charge is 0.493 e. The third kappa shape index (κ3) is 2.56. The molecule has 100 valence electrons. The van der Waals surface area contributed by atoms with E-state index in [1.54, 1.807) is 12.1 Å². The Morgan fingerprint density at radius 3 is 2.95 bits per heavy atom. The fraction of sp³-hybridized carbons (Fsp3) is 0.188. The quantitative estimate of drug-likeness (QED) is 0.933. The van der Waals surface area contributed by atoms with Crippen LogP contribution in [0, 0.1) is 11.3 Å². The van der Waals surface area contributed by atoms with Crippen LogP contribution in [0.2, 0.25) is 5.02 Å². The molecule has 0 saturated carbocycles. The van der Waals surface area contributed by atoms with Crippen LogP contribution in [0.4, 0.5) is 5.69 Å². The fourth-order valence-electron chi connectivity index (χ4n) is 2.27. The summed E-state index contributed by atoms with van der Waals surface area (Å²) in [5.41, 5.74) is 3.87. The number of nitriles is 1. The molecule has 0 aliphatic carbocycles. The number of nitrogens with one attached hydrogen (secondary N) is 1. The summed E-state index contributed by atoms with van der Waals surface area (Å²) in [4.78, 5) is 0. The monoisotopic (exact) mass is 284 g/mol. The van der Waals surface area contributed by atoms with Crippen molar-refractivity contribution in [2.45, 2.75) is 13.0 Å². The molecule has 0 aromatic heterocycles. The van der Waals surface area contributed by atoms with Crippen LogP contribution in [-0.2, 0) is 13.0 Å². The molecule has 0 spiro atoms. The first-order valence-electron chi connectivity index (χ1n) is 6.44. The summed E-state index contributed by atoms with van der Waals surface area (Å²) < 4.78 is 5.49. The lowest BCUT2D eigenvalue weighted by molar-refractivity contribution is 0.357. The molecule has 0 atom stereocenters. The Balaban J connectivity index is 1.70. The maximum Gasteiger partial charge on any atom is 0.122 e. The van der Waals surface area contributed by atoms with E-state index in [0.717, 1.165) is 31.0 Å². The molecule has 1 aliphatic heterocycles. The van der Waals surface area contributed by atoms with Crippen LogP contribution in [0.15, 0.2) is 36.4 Å². The van der Waals surface area contributed by atoms with E-state index >= 15 is 0 Å². The van der Waals surface area contributed by atoms with Crippen molar-refractivity contribution < 1.29 is 4.74 Å². The molecule has 2 aromatic carbocycles. The lowest BCUT2D eigenvalue weighted by Gasteiger charge is -2.08. The molecule has 0 unspecified atom stereocenters. The van der Waals surface area contributed by atoms with E-state index < -0.39 is 0 Å². The Morgan fingerprint density at radius 1 is 1.25 bits per heavy atom. The minimum atomic E-state index is 0.472. The summed E-state index contributed by atoms with van der Waals surface area (Å²) in [6.07, 6.45) is 0.978. The molecule has 0 radical (unpaired) electrons. The van der Waals surface area contributed by atoms with Gasteiger partial charge in [0, 0.05) is 18.7 Å². The molecule has 2 aromatic rings. The molecule has 0 saturated heterocycles. The topological polar surface area (TPSA) is 45.0 Å². The number of benzene rings is 2. The van der Waals surface area contributed by atoms with Crippen LogP contribution in [0.3, 0.4) is 0 Å². The number of hydrogen-bond donors (Lipinski definition) is 1. The summed E-state index contributed by atoms with van der Waals surface area (Å²) in [7, 11) is 0. The van der Waals surface area contributed by atoms with Crippen molar-refractivity contribution in [1.29, 1.82) is 5.26 Å². The average molecular weight is 285 g/mol. The highest BCUT2D eigenvalue weighted by atomic mass is 35.5. The van der Waals surface area contributed by atoms with Gasteiger partial charge in [0.05, 0.1) is 17.2 Å². The Kier molecular flexibility index (Phi) is 3.49. The van der Waals surface area contributed by atoms with Crippen LogP contribution < -0.4 is 10.1 Å². The van der Waals surface area contributed by atoms with E-state index in [-0.39, 0.29) is 0 Å². The predicted octanol–water partition coefficient (Wildman–Crippen LogP) is 3.76. The van der Waals surface area contributed by atoms with Crippen molar-refractivity contribution in [1.82, 2.24) is 0 Å². The number of ether oxygens (including phenoxy) is 1. The van der Waals surface area contributed by atoms with Gasteiger partial charge in [0.1, 0.15) is 11.8 Å². The summed E-state index contributed by atoms with van der Waals surface area (Å²) in [5.74, 6) is 0.996. The van der Waals surface area contributed by atoms with Crippen molar-refractivity contribution in [3.8, 4) is 11.8 Å². The molecule has 1 N–H and O–H groups in total. The first-order chi connectivity index (χ1) is 9.76. The van der Waals surface area contributed by atoms with Crippen molar-refractivity contribution in [2.75, 3.05) is 11.9 Å². The average Bonchev–Trinajstić information content (AvgIpc) is 2.92. The highest BCUT2D eigenvalue weighted by molar-refractivity contribution is 6.32. The second kappa shape index (κ2) is 5.44. The van der Waals surface area contributed by atoms with Gasteiger partial charge in [-0.15, -0.1) is 0 Å². The second-order valence-electron chi connectivity index (χ2n) is 4.70. The van der Waals surface area contributed by atoms with Gasteiger partial charge in [0.2, 0.25) is 0 Å². The number of halogens is 1. The zero-order valence-corrected chi connectivity index (χ0v) is 11.6. The van der Waals surface area contributed by atoms with Crippen molar-refractivity contribution in [2.24, 2.45) is 0 Å². The highest BCUT2D eigenvalue weighted by Crippen LogP contribution is 2.26. The molecule has 0 amide bonds. The SMILES string of the molecule is N#Cc1ccc(NCc2ccc3c(c2)CCO3)cc1Cl. The first-order valence-corrected chi connectivity index (χ1v) is 6.82. The number of rotatable bonds is 3. The third-order valence-electron chi connectivity index (χ3n) is 3.34. The van der Waals surface area contributed by atoms with Gasteiger partial charge in [-0.1, -0.05) is 23.7 Å². The van der Waals surface area contributed by atoms with Crippen molar-refractivity contribution in [3.05, 3.63) is 58.1 Å². The molecule has 1 aliphatic rings. The van der Waals surface area contributed by atoms with Gasteiger partial charge >= 0.3 is 0 Å². The minimum Gasteiger partial charge on any atom is -0.493 e. The Morgan fingerprint density at radius 2 is 2.15 bits per heavy atom. The molecular formula is C16H13ClN2O. The molecule has 20 heavy (non-hydrogen) atoms. The molecule has 3 rings (SSSR count). The van der Waals surface area contributed by atoms with E-state index in [0.29, 0.717) is 10.6 Å². The fourth-order valence-corrected chi connectivity index (χ4v) is 2.49. The van der Waals surface area contributed by atoms with Crippen LogP contribution in [-0.4, -0.2) is 6.61 Å². The Hall–Kier alpha value is -2.18. The maximum absolute atomic E-state index is 8.84. The van der Waals surface area contributed by atoms with Gasteiger partial charge in [-0.3, -0.25) is 0 Å². The molecule has 1 heterocycles. The molecule has 0 bridgehead atoms. The number of fused-ring (bicyclic) bond motifs is 1. The van der Waals surface area contributed by atoms with Gasteiger partial charge in [-0.25, -0.2) is 0 Å². The summed E-state index contributed by atoms with van der Waals surface area (Å²) in [6, 6.07) is 13.7. The highest BCUT2D eigenvalue weighted by Gasteiger charge is 2.11. The normalized spacial score (nSPS) is 12.4. The van der Waals surface area contributed by atoms with E-state index in [4.69, 9.17) is 21.6 Å². The Bertz CT molecular complexity index is 680. The maximum atomic E-state index is 8.84. The lowest BCUT2D eigenvalue weighted by atomic mass is 10.1. The van der Waals surface area contributed by atoms with E-state index in [1.807, 2.05) is 12.1 Å². The minimum absolute atomic E-state index is 0.472. The van der Waals surface area contributed by atoms with Gasteiger partial charge in [0.15, 0.2) is 0 Å².